The fourth-order valence-corrected chi connectivity index (χ4v) is 4.07. The molecule has 1 fully saturated rings. The van der Waals surface area contributed by atoms with Gasteiger partial charge in [-0.1, -0.05) is 11.6 Å². The number of hydrogen-bond donors (Lipinski definition) is 1. The minimum atomic E-state index is -2.91. The van der Waals surface area contributed by atoms with Gasteiger partial charge in [0.05, 0.1) is 36.1 Å². The summed E-state index contributed by atoms with van der Waals surface area (Å²) in [7, 11) is 1.41. The van der Waals surface area contributed by atoms with E-state index < -0.39 is 24.3 Å². The van der Waals surface area contributed by atoms with Gasteiger partial charge in [-0.15, -0.1) is 0 Å². The number of fused-ring (bicyclic) bond motifs is 1. The molecule has 1 N–H and O–H groups in total. The van der Waals surface area contributed by atoms with Gasteiger partial charge in [-0.2, -0.15) is 10.2 Å². The summed E-state index contributed by atoms with van der Waals surface area (Å²) >= 11 is 6.14. The van der Waals surface area contributed by atoms with Gasteiger partial charge < -0.3 is 15.0 Å². The third-order valence-corrected chi connectivity index (χ3v) is 5.83. The van der Waals surface area contributed by atoms with Crippen molar-refractivity contribution in [1.82, 2.24) is 34.3 Å². The van der Waals surface area contributed by atoms with Crippen LogP contribution in [0.5, 0.6) is 5.88 Å². The monoisotopic (exact) mass is 516 g/mol. The van der Waals surface area contributed by atoms with Crippen LogP contribution >= 0.6 is 11.6 Å². The first-order valence-electron chi connectivity index (χ1n) is 10.8. The molecule has 0 aliphatic carbocycles. The number of halogens is 3. The number of amides is 2. The van der Waals surface area contributed by atoms with Crippen LogP contribution in [0.1, 0.15) is 16.8 Å². The van der Waals surface area contributed by atoms with Crippen LogP contribution in [0.3, 0.4) is 0 Å². The number of likely N-dealkylation sites (tertiary alicyclic amines) is 1. The Morgan fingerprint density at radius 2 is 2.11 bits per heavy atom. The average molecular weight is 517 g/mol. The van der Waals surface area contributed by atoms with Crippen LogP contribution in [-0.4, -0.2) is 72.2 Å². The van der Waals surface area contributed by atoms with Crippen molar-refractivity contribution >= 4 is 34.7 Å². The topological polar surface area (TPSA) is 120 Å². The summed E-state index contributed by atoms with van der Waals surface area (Å²) in [5, 5.41) is 11.6. The summed E-state index contributed by atoms with van der Waals surface area (Å²) < 4.78 is 35.2. The second kappa shape index (κ2) is 9.15. The van der Waals surface area contributed by atoms with Crippen molar-refractivity contribution in [2.45, 2.75) is 18.9 Å². The number of carbonyl (C=O) groups is 2. The third-order valence-electron chi connectivity index (χ3n) is 5.62. The van der Waals surface area contributed by atoms with Crippen LogP contribution < -0.4 is 10.1 Å². The first kappa shape index (κ1) is 23.6. The van der Waals surface area contributed by atoms with Crippen LogP contribution in [0.2, 0.25) is 5.02 Å². The van der Waals surface area contributed by atoms with Crippen LogP contribution in [0.4, 0.5) is 14.5 Å². The van der Waals surface area contributed by atoms with Gasteiger partial charge in [0.25, 0.3) is 11.8 Å². The Balaban J connectivity index is 1.49. The lowest BCUT2D eigenvalue weighted by molar-refractivity contribution is -0.132. The summed E-state index contributed by atoms with van der Waals surface area (Å²) in [6.07, 6.45) is 7.00. The molecule has 2 amide bonds. The Kier molecular flexibility index (Phi) is 6.00. The van der Waals surface area contributed by atoms with Crippen molar-refractivity contribution < 1.29 is 23.1 Å². The van der Waals surface area contributed by atoms with Crippen molar-refractivity contribution in [1.29, 1.82) is 0 Å². The molecule has 0 unspecified atom stereocenters. The van der Waals surface area contributed by atoms with Gasteiger partial charge in [-0.25, -0.2) is 23.3 Å². The second-order valence-electron chi connectivity index (χ2n) is 8.12. The molecular weight excluding hydrogens is 498 g/mol. The molecule has 4 aromatic rings. The van der Waals surface area contributed by atoms with E-state index in [0.717, 1.165) is 4.90 Å². The lowest BCUT2D eigenvalue weighted by Crippen LogP contribution is -2.34. The maximum absolute atomic E-state index is 13.6. The first-order valence-corrected chi connectivity index (χ1v) is 11.1. The molecule has 1 aliphatic rings. The number of rotatable bonds is 6. The summed E-state index contributed by atoms with van der Waals surface area (Å²) in [6, 6.07) is 3.23. The van der Waals surface area contributed by atoms with Crippen molar-refractivity contribution in [3.8, 4) is 17.1 Å². The van der Waals surface area contributed by atoms with Crippen molar-refractivity contribution in [2.75, 3.05) is 25.5 Å². The number of pyridine rings is 1. The predicted octanol–water partition coefficient (Wildman–Crippen LogP) is 2.77. The minimum absolute atomic E-state index is 0.0443. The van der Waals surface area contributed by atoms with E-state index in [2.05, 4.69) is 25.5 Å². The van der Waals surface area contributed by atoms with E-state index in [9.17, 15) is 18.4 Å². The molecule has 11 nitrogen and oxygen atoms in total. The SMILES string of the molecule is COc1ncc(Cl)cc1-c1nn(CC(=O)N2CCC(F)(F)C2)cc1NC(=O)c1cnn2cccnc12. The van der Waals surface area contributed by atoms with Gasteiger partial charge in [0.1, 0.15) is 17.8 Å². The van der Waals surface area contributed by atoms with Gasteiger partial charge in [0, 0.05) is 37.8 Å². The van der Waals surface area contributed by atoms with Crippen molar-refractivity contribution in [3.05, 3.63) is 53.7 Å². The van der Waals surface area contributed by atoms with Crippen molar-refractivity contribution in [2.24, 2.45) is 0 Å². The molecule has 186 valence electrons. The van der Waals surface area contributed by atoms with Gasteiger partial charge in [0.15, 0.2) is 5.65 Å². The number of nitrogens with one attached hydrogen (secondary N) is 1. The van der Waals surface area contributed by atoms with E-state index in [4.69, 9.17) is 16.3 Å². The number of carbonyl (C=O) groups excluding carboxylic acids is 2. The van der Waals surface area contributed by atoms with Crippen molar-refractivity contribution in [3.63, 3.8) is 0 Å². The maximum atomic E-state index is 13.6. The maximum Gasteiger partial charge on any atom is 0.267 e. The largest absolute Gasteiger partial charge is 0.481 e. The fourth-order valence-electron chi connectivity index (χ4n) is 3.92. The normalized spacial score (nSPS) is 14.8. The summed E-state index contributed by atoms with van der Waals surface area (Å²) in [6.45, 7) is -0.998. The molecule has 5 rings (SSSR count). The lowest BCUT2D eigenvalue weighted by Gasteiger charge is -2.15. The Labute approximate surface area is 207 Å². The molecule has 0 radical (unpaired) electrons. The highest BCUT2D eigenvalue weighted by molar-refractivity contribution is 6.30. The Bertz CT molecular complexity index is 1470. The smallest absolute Gasteiger partial charge is 0.267 e. The third kappa shape index (κ3) is 4.56. The van der Waals surface area contributed by atoms with E-state index in [-0.39, 0.29) is 42.3 Å². The number of anilines is 1. The quantitative estimate of drug-likeness (QED) is 0.418. The molecule has 1 aliphatic heterocycles. The zero-order valence-electron chi connectivity index (χ0n) is 18.9. The summed E-state index contributed by atoms with van der Waals surface area (Å²) in [5.74, 6) is -3.78. The zero-order chi connectivity index (χ0) is 25.4. The number of ether oxygens (including phenoxy) is 1. The zero-order valence-corrected chi connectivity index (χ0v) is 19.6. The highest BCUT2D eigenvalue weighted by atomic mass is 35.5. The molecule has 4 aromatic heterocycles. The molecular formula is C22H19ClF2N8O3. The molecule has 36 heavy (non-hydrogen) atoms. The molecule has 0 atom stereocenters. The van der Waals surface area contributed by atoms with Crippen LogP contribution in [0.15, 0.2) is 43.1 Å². The Hall–Kier alpha value is -4.13. The van der Waals surface area contributed by atoms with E-state index in [0.29, 0.717) is 16.2 Å². The number of aromatic nitrogens is 6. The van der Waals surface area contributed by atoms with Gasteiger partial charge in [-0.05, 0) is 12.1 Å². The number of nitrogens with zero attached hydrogens (tertiary/aromatic N) is 7. The van der Waals surface area contributed by atoms with Crippen LogP contribution in [0, 0.1) is 0 Å². The summed E-state index contributed by atoms with van der Waals surface area (Å²) in [4.78, 5) is 35.2. The van der Waals surface area contributed by atoms with E-state index in [1.54, 1.807) is 18.3 Å². The van der Waals surface area contributed by atoms with Gasteiger partial charge in [-0.3, -0.25) is 14.3 Å². The molecule has 0 bridgehead atoms. The number of alkyl halides is 2. The number of methoxy groups -OCH3 is 1. The lowest BCUT2D eigenvalue weighted by atomic mass is 10.1. The standard InChI is InChI=1S/C22H19ClF2N8O3/c1-36-21-14(7-13(23)8-27-21)18-16(29-20(35)15-9-28-33-5-2-4-26-19(15)33)10-32(30-18)11-17(34)31-6-3-22(24,25)12-31/h2,4-5,7-10H,3,6,11-12H2,1H3,(H,29,35). The van der Waals surface area contributed by atoms with E-state index >= 15 is 0 Å². The molecule has 0 saturated carbocycles. The summed E-state index contributed by atoms with van der Waals surface area (Å²) in [5.41, 5.74) is 1.35. The van der Waals surface area contributed by atoms with E-state index in [1.807, 2.05) is 0 Å². The predicted molar refractivity (Wildman–Crippen MR) is 124 cm³/mol. The first-order chi connectivity index (χ1) is 17.2. The van der Waals surface area contributed by atoms with Gasteiger partial charge in [0.2, 0.25) is 11.8 Å². The highest BCUT2D eigenvalue weighted by Gasteiger charge is 2.40. The van der Waals surface area contributed by atoms with Crippen LogP contribution in [-0.2, 0) is 11.3 Å². The number of hydrogen-bond acceptors (Lipinski definition) is 7. The molecule has 1 saturated heterocycles. The average Bonchev–Trinajstić information content (AvgIpc) is 3.55. The Morgan fingerprint density at radius 3 is 2.86 bits per heavy atom. The molecule has 0 aromatic carbocycles. The Morgan fingerprint density at radius 1 is 1.28 bits per heavy atom. The second-order valence-corrected chi connectivity index (χ2v) is 8.56. The molecule has 5 heterocycles. The molecule has 14 heteroatoms. The van der Waals surface area contributed by atoms with Crippen LogP contribution in [0.25, 0.3) is 16.9 Å². The highest BCUT2D eigenvalue weighted by Crippen LogP contribution is 2.35. The van der Waals surface area contributed by atoms with Gasteiger partial charge >= 0.3 is 0 Å². The molecule has 0 spiro atoms. The van der Waals surface area contributed by atoms with E-state index in [1.165, 1.54) is 41.1 Å². The minimum Gasteiger partial charge on any atom is -0.481 e. The fraction of sp³-hybridized carbons (Fsp3) is 0.273.